The first kappa shape index (κ1) is 19.0. The van der Waals surface area contributed by atoms with Crippen LogP contribution in [0.1, 0.15) is 17.3 Å². The summed E-state index contributed by atoms with van der Waals surface area (Å²) in [5.41, 5.74) is 5.33. The molecule has 1 amide bonds. The Bertz CT molecular complexity index is 854. The molecule has 1 aliphatic rings. The summed E-state index contributed by atoms with van der Waals surface area (Å²) in [7, 11) is 0. The summed E-state index contributed by atoms with van der Waals surface area (Å²) in [4.78, 5) is 14.2. The third kappa shape index (κ3) is 3.66. The lowest BCUT2D eigenvalue weighted by molar-refractivity contribution is 0.0464. The minimum absolute atomic E-state index is 0.0407. The van der Waals surface area contributed by atoms with Crippen LogP contribution in [0.5, 0.6) is 0 Å². The number of nitrogens with two attached hydrogens (primary N) is 1. The Morgan fingerprint density at radius 2 is 1.92 bits per heavy atom. The van der Waals surface area contributed by atoms with E-state index >= 15 is 0 Å². The highest BCUT2D eigenvalue weighted by atomic mass is 127. The van der Waals surface area contributed by atoms with Crippen LogP contribution in [-0.4, -0.2) is 29.9 Å². The second-order valence-corrected chi connectivity index (χ2v) is 7.61. The number of halogens is 4. The van der Waals surface area contributed by atoms with Crippen LogP contribution in [0.4, 0.5) is 24.5 Å². The fourth-order valence-electron chi connectivity index (χ4n) is 2.76. The molecule has 0 aliphatic carbocycles. The number of anilines is 2. The molecule has 0 radical (unpaired) electrons. The second-order valence-electron chi connectivity index (χ2n) is 6.36. The largest absolute Gasteiger partial charge is 0.350 e. The molecule has 1 fully saturated rings. The molecule has 0 spiro atoms. The highest BCUT2D eigenvalue weighted by Crippen LogP contribution is 2.31. The summed E-state index contributed by atoms with van der Waals surface area (Å²) in [6, 6.07) is 6.32. The molecule has 1 saturated heterocycles. The third-order valence-electron chi connectivity index (χ3n) is 4.46. The Kier molecular flexibility index (Phi) is 5.42. The molecule has 3 N–H and O–H groups in total. The summed E-state index contributed by atoms with van der Waals surface area (Å²) in [5, 5.41) is 2.53. The molecule has 0 aromatic heterocycles. The topological polar surface area (TPSA) is 58.4 Å². The van der Waals surface area contributed by atoms with Crippen LogP contribution < -0.4 is 11.1 Å². The van der Waals surface area contributed by atoms with E-state index in [-0.39, 0.29) is 28.9 Å². The van der Waals surface area contributed by atoms with Crippen molar-refractivity contribution in [2.75, 3.05) is 18.4 Å². The van der Waals surface area contributed by atoms with Crippen LogP contribution in [0.3, 0.4) is 0 Å². The summed E-state index contributed by atoms with van der Waals surface area (Å²) < 4.78 is 42.8. The van der Waals surface area contributed by atoms with Crippen LogP contribution in [0.25, 0.3) is 0 Å². The van der Waals surface area contributed by atoms with E-state index in [0.29, 0.717) is 16.7 Å². The van der Waals surface area contributed by atoms with Crippen LogP contribution in [0.15, 0.2) is 30.3 Å². The molecule has 1 aliphatic heterocycles. The smallest absolute Gasteiger partial charge is 0.256 e. The maximum atomic E-state index is 14.4. The lowest BCUT2D eigenvalue weighted by Crippen LogP contribution is -2.55. The number of amides is 1. The highest BCUT2D eigenvalue weighted by molar-refractivity contribution is 14.1. The SMILES string of the molecule is CC(N)C1CN(C(=O)c2ccc(F)c(F)c2Nc2ccc(I)cc2F)C1. The van der Waals surface area contributed by atoms with Crippen LogP contribution >= 0.6 is 22.6 Å². The van der Waals surface area contributed by atoms with E-state index in [2.05, 4.69) is 5.32 Å². The first-order valence-corrected chi connectivity index (χ1v) is 9.10. The molecular weight excluding hydrogens is 458 g/mol. The number of likely N-dealkylation sites (tertiary alicyclic amines) is 1. The Labute approximate surface area is 162 Å². The number of benzene rings is 2. The number of nitrogens with zero attached hydrogens (tertiary/aromatic N) is 1. The minimum atomic E-state index is -1.22. The standard InChI is InChI=1S/C18H17F3IN3O/c1-9(23)10-7-25(8-10)18(26)12-3-4-13(19)16(21)17(12)24-15-5-2-11(22)6-14(15)20/h2-6,9-10,24H,7-8,23H2,1H3. The highest BCUT2D eigenvalue weighted by Gasteiger charge is 2.35. The number of nitrogens with one attached hydrogen (secondary N) is 1. The molecular formula is C18H17F3IN3O. The second kappa shape index (κ2) is 7.43. The number of carbonyl (C=O) groups is 1. The maximum absolute atomic E-state index is 14.4. The Hall–Kier alpha value is -1.81. The van der Waals surface area contributed by atoms with Crippen molar-refractivity contribution < 1.29 is 18.0 Å². The van der Waals surface area contributed by atoms with E-state index in [4.69, 9.17) is 5.73 Å². The number of rotatable bonds is 4. The molecule has 1 unspecified atom stereocenters. The van der Waals surface area contributed by atoms with Crippen molar-refractivity contribution in [1.82, 2.24) is 4.90 Å². The van der Waals surface area contributed by atoms with Gasteiger partial charge in [-0.2, -0.15) is 0 Å². The zero-order valence-electron chi connectivity index (χ0n) is 13.9. The van der Waals surface area contributed by atoms with E-state index in [0.717, 1.165) is 6.07 Å². The van der Waals surface area contributed by atoms with Crippen LogP contribution in [-0.2, 0) is 0 Å². The molecule has 2 aromatic carbocycles. The van der Waals surface area contributed by atoms with E-state index < -0.39 is 23.4 Å². The van der Waals surface area contributed by atoms with Crippen LogP contribution in [0.2, 0.25) is 0 Å². The van der Waals surface area contributed by atoms with Crippen molar-refractivity contribution >= 4 is 39.9 Å². The number of hydrogen-bond donors (Lipinski definition) is 2. The first-order valence-electron chi connectivity index (χ1n) is 8.03. The Morgan fingerprint density at radius 3 is 2.54 bits per heavy atom. The zero-order valence-corrected chi connectivity index (χ0v) is 16.1. The van der Waals surface area contributed by atoms with Gasteiger partial charge in [-0.05, 0) is 59.8 Å². The van der Waals surface area contributed by atoms with Crippen molar-refractivity contribution in [3.05, 3.63) is 56.9 Å². The summed E-state index contributed by atoms with van der Waals surface area (Å²) in [5.74, 6) is -3.24. The van der Waals surface area contributed by atoms with Gasteiger partial charge >= 0.3 is 0 Å². The van der Waals surface area contributed by atoms with Crippen molar-refractivity contribution in [1.29, 1.82) is 0 Å². The Morgan fingerprint density at radius 1 is 1.23 bits per heavy atom. The van der Waals surface area contributed by atoms with E-state index in [1.165, 1.54) is 23.1 Å². The fraction of sp³-hybridized carbons (Fsp3) is 0.278. The predicted molar refractivity (Wildman–Crippen MR) is 102 cm³/mol. The van der Waals surface area contributed by atoms with Gasteiger partial charge in [-0.3, -0.25) is 4.79 Å². The molecule has 2 aromatic rings. The monoisotopic (exact) mass is 475 g/mol. The van der Waals surface area contributed by atoms with E-state index in [9.17, 15) is 18.0 Å². The van der Waals surface area contributed by atoms with Crippen molar-refractivity contribution in [3.63, 3.8) is 0 Å². The quantitative estimate of drug-likeness (QED) is 0.661. The van der Waals surface area contributed by atoms with E-state index in [1.54, 1.807) is 6.07 Å². The van der Waals surface area contributed by atoms with Gasteiger partial charge in [0, 0.05) is 28.6 Å². The molecule has 8 heteroatoms. The summed E-state index contributed by atoms with van der Waals surface area (Å²) in [6.45, 7) is 2.76. The first-order chi connectivity index (χ1) is 12.3. The molecule has 1 atom stereocenters. The summed E-state index contributed by atoms with van der Waals surface area (Å²) >= 11 is 1.94. The third-order valence-corrected chi connectivity index (χ3v) is 5.13. The van der Waals surface area contributed by atoms with Gasteiger partial charge in [-0.15, -0.1) is 0 Å². The van der Waals surface area contributed by atoms with Crippen molar-refractivity contribution in [2.45, 2.75) is 13.0 Å². The Balaban J connectivity index is 1.92. The van der Waals surface area contributed by atoms with Gasteiger partial charge in [0.05, 0.1) is 16.9 Å². The van der Waals surface area contributed by atoms with Gasteiger partial charge < -0.3 is 16.0 Å². The van der Waals surface area contributed by atoms with Gasteiger partial charge in [-0.25, -0.2) is 13.2 Å². The molecule has 138 valence electrons. The van der Waals surface area contributed by atoms with Gasteiger partial charge in [0.25, 0.3) is 5.91 Å². The van der Waals surface area contributed by atoms with Gasteiger partial charge in [0.1, 0.15) is 5.82 Å². The number of hydrogen-bond acceptors (Lipinski definition) is 3. The summed E-state index contributed by atoms with van der Waals surface area (Å²) in [6.07, 6.45) is 0. The van der Waals surface area contributed by atoms with Crippen molar-refractivity contribution in [3.8, 4) is 0 Å². The minimum Gasteiger partial charge on any atom is -0.350 e. The van der Waals surface area contributed by atoms with Gasteiger partial charge in [0.2, 0.25) is 0 Å². The van der Waals surface area contributed by atoms with Crippen LogP contribution in [0, 0.1) is 26.9 Å². The zero-order chi connectivity index (χ0) is 19.0. The molecule has 26 heavy (non-hydrogen) atoms. The normalized spacial score (nSPS) is 15.5. The average Bonchev–Trinajstić information content (AvgIpc) is 2.52. The molecule has 0 bridgehead atoms. The molecule has 1 heterocycles. The molecule has 3 rings (SSSR count). The maximum Gasteiger partial charge on any atom is 0.256 e. The van der Waals surface area contributed by atoms with E-state index in [1.807, 2.05) is 29.5 Å². The van der Waals surface area contributed by atoms with Gasteiger partial charge in [-0.1, -0.05) is 0 Å². The predicted octanol–water partition coefficient (Wildman–Crippen LogP) is 3.87. The molecule has 0 saturated carbocycles. The molecule has 4 nitrogen and oxygen atoms in total. The lowest BCUT2D eigenvalue weighted by atomic mass is 9.92. The number of carbonyl (C=O) groups excluding carboxylic acids is 1. The fourth-order valence-corrected chi connectivity index (χ4v) is 3.21. The average molecular weight is 475 g/mol. The van der Waals surface area contributed by atoms with Gasteiger partial charge in [0.15, 0.2) is 11.6 Å². The lowest BCUT2D eigenvalue weighted by Gasteiger charge is -2.41. The van der Waals surface area contributed by atoms with Crippen molar-refractivity contribution in [2.24, 2.45) is 11.7 Å².